The van der Waals surface area contributed by atoms with Crippen LogP contribution in [0.3, 0.4) is 0 Å². The van der Waals surface area contributed by atoms with Crippen LogP contribution in [0.1, 0.15) is 29.2 Å². The van der Waals surface area contributed by atoms with Crippen LogP contribution in [-0.4, -0.2) is 33.7 Å². The molecule has 0 aliphatic carbocycles. The first-order valence-electron chi connectivity index (χ1n) is 7.84. The normalized spacial score (nSPS) is 19.7. The Morgan fingerprint density at radius 1 is 1.43 bits per heavy atom. The number of halogens is 1. The highest BCUT2D eigenvalue weighted by atomic mass is 35.5. The van der Waals surface area contributed by atoms with E-state index in [9.17, 15) is 4.79 Å². The molecule has 0 fully saturated rings. The summed E-state index contributed by atoms with van der Waals surface area (Å²) in [5.41, 5.74) is 3.27. The molecule has 120 valence electrons. The van der Waals surface area contributed by atoms with Gasteiger partial charge in [-0.05, 0) is 31.0 Å². The van der Waals surface area contributed by atoms with E-state index >= 15 is 0 Å². The average Bonchev–Trinajstić information content (AvgIpc) is 3.02. The molecule has 0 saturated heterocycles. The summed E-state index contributed by atoms with van der Waals surface area (Å²) in [6, 6.07) is 5.48. The fourth-order valence-corrected chi connectivity index (χ4v) is 3.66. The highest BCUT2D eigenvalue weighted by Crippen LogP contribution is 2.37. The summed E-state index contributed by atoms with van der Waals surface area (Å²) >= 11 is 6.08. The molecule has 2 aromatic rings. The fraction of sp³-hybridized carbons (Fsp3) is 0.412. The molecule has 0 saturated carbocycles. The monoisotopic (exact) mass is 331 g/mol. The van der Waals surface area contributed by atoms with E-state index in [0.29, 0.717) is 18.2 Å². The number of aromatic nitrogens is 2. The third kappa shape index (κ3) is 2.49. The number of ether oxygens (including phenoxy) is 1. The number of fused-ring (bicyclic) bond motifs is 2. The maximum atomic E-state index is 13.0. The highest BCUT2D eigenvalue weighted by Gasteiger charge is 2.34. The van der Waals surface area contributed by atoms with Gasteiger partial charge in [0.2, 0.25) is 5.91 Å². The van der Waals surface area contributed by atoms with Crippen LogP contribution < -0.4 is 4.74 Å². The minimum Gasteiger partial charge on any atom is -0.492 e. The van der Waals surface area contributed by atoms with E-state index in [1.165, 1.54) is 5.69 Å². The molecule has 0 bridgehead atoms. The van der Waals surface area contributed by atoms with Crippen molar-refractivity contribution < 1.29 is 9.53 Å². The first-order chi connectivity index (χ1) is 11.1. The van der Waals surface area contributed by atoms with Crippen LogP contribution in [0, 0.1) is 0 Å². The third-order valence-electron chi connectivity index (χ3n) is 4.71. The third-order valence-corrected chi connectivity index (χ3v) is 4.95. The van der Waals surface area contributed by atoms with Crippen LogP contribution in [0.2, 0.25) is 5.02 Å². The SMILES string of the molecule is Cn1ncc2c1CCCN(C(=O)C1COc3ccc(Cl)cc31)C2. The van der Waals surface area contributed by atoms with Crippen molar-refractivity contribution in [3.8, 4) is 5.75 Å². The van der Waals surface area contributed by atoms with Gasteiger partial charge in [0.25, 0.3) is 0 Å². The van der Waals surface area contributed by atoms with Gasteiger partial charge in [-0.3, -0.25) is 9.48 Å². The number of hydrogen-bond donors (Lipinski definition) is 0. The molecule has 3 heterocycles. The largest absolute Gasteiger partial charge is 0.492 e. The molecule has 0 N–H and O–H groups in total. The fourth-order valence-electron chi connectivity index (χ4n) is 3.48. The van der Waals surface area contributed by atoms with Crippen LogP contribution in [0.4, 0.5) is 0 Å². The van der Waals surface area contributed by atoms with Gasteiger partial charge in [-0.25, -0.2) is 0 Å². The van der Waals surface area contributed by atoms with Crippen molar-refractivity contribution in [2.45, 2.75) is 25.3 Å². The van der Waals surface area contributed by atoms with Crippen molar-refractivity contribution in [1.82, 2.24) is 14.7 Å². The summed E-state index contributed by atoms with van der Waals surface area (Å²) in [6.45, 7) is 1.78. The van der Waals surface area contributed by atoms with Gasteiger partial charge in [0.05, 0.1) is 6.20 Å². The Morgan fingerprint density at radius 3 is 3.17 bits per heavy atom. The lowest BCUT2D eigenvalue weighted by atomic mass is 9.99. The Balaban J connectivity index is 1.60. The van der Waals surface area contributed by atoms with E-state index in [4.69, 9.17) is 16.3 Å². The standard InChI is InChI=1S/C17H18ClN3O2/c1-20-15-3-2-6-21(9-11(15)8-19-20)17(22)14-10-23-16-5-4-12(18)7-13(14)16/h4-5,7-8,14H,2-3,6,9-10H2,1H3. The van der Waals surface area contributed by atoms with Crippen molar-refractivity contribution in [3.05, 3.63) is 46.2 Å². The van der Waals surface area contributed by atoms with Crippen molar-refractivity contribution in [3.63, 3.8) is 0 Å². The second kappa shape index (κ2) is 5.57. The first-order valence-corrected chi connectivity index (χ1v) is 8.22. The summed E-state index contributed by atoms with van der Waals surface area (Å²) in [7, 11) is 1.96. The number of benzene rings is 1. The summed E-state index contributed by atoms with van der Waals surface area (Å²) in [4.78, 5) is 14.9. The lowest BCUT2D eigenvalue weighted by Crippen LogP contribution is -2.35. The number of hydrogen-bond acceptors (Lipinski definition) is 3. The molecular formula is C17H18ClN3O2. The summed E-state index contributed by atoms with van der Waals surface area (Å²) in [5.74, 6) is 0.620. The molecular weight excluding hydrogens is 314 g/mol. The van der Waals surface area contributed by atoms with E-state index < -0.39 is 0 Å². The Labute approximate surface area is 139 Å². The molecule has 1 amide bonds. The maximum Gasteiger partial charge on any atom is 0.234 e. The zero-order valence-corrected chi connectivity index (χ0v) is 13.7. The number of carbonyl (C=O) groups is 1. The maximum absolute atomic E-state index is 13.0. The smallest absolute Gasteiger partial charge is 0.234 e. The van der Waals surface area contributed by atoms with Gasteiger partial charge in [0.1, 0.15) is 18.3 Å². The van der Waals surface area contributed by atoms with E-state index in [1.807, 2.05) is 35.0 Å². The number of nitrogens with zero attached hydrogens (tertiary/aromatic N) is 3. The van der Waals surface area contributed by atoms with E-state index in [2.05, 4.69) is 5.10 Å². The van der Waals surface area contributed by atoms with E-state index in [0.717, 1.165) is 36.3 Å². The lowest BCUT2D eigenvalue weighted by molar-refractivity contribution is -0.133. The second-order valence-corrected chi connectivity index (χ2v) is 6.59. The minimum atomic E-state index is -0.262. The van der Waals surface area contributed by atoms with Crippen molar-refractivity contribution in [2.24, 2.45) is 7.05 Å². The lowest BCUT2D eigenvalue weighted by Gasteiger charge is -2.23. The van der Waals surface area contributed by atoms with Gasteiger partial charge in [-0.15, -0.1) is 0 Å². The van der Waals surface area contributed by atoms with E-state index in [-0.39, 0.29) is 11.8 Å². The van der Waals surface area contributed by atoms with Crippen LogP contribution in [0.5, 0.6) is 5.75 Å². The van der Waals surface area contributed by atoms with Gasteiger partial charge >= 0.3 is 0 Å². The molecule has 1 aromatic heterocycles. The summed E-state index contributed by atoms with van der Waals surface area (Å²) in [5, 5.41) is 4.95. The zero-order chi connectivity index (χ0) is 16.0. The van der Waals surface area contributed by atoms with Crippen molar-refractivity contribution in [1.29, 1.82) is 0 Å². The number of rotatable bonds is 1. The zero-order valence-electron chi connectivity index (χ0n) is 13.0. The predicted octanol–water partition coefficient (Wildman–Crippen LogP) is 2.52. The van der Waals surface area contributed by atoms with Crippen LogP contribution >= 0.6 is 11.6 Å². The Hall–Kier alpha value is -2.01. The van der Waals surface area contributed by atoms with Gasteiger partial charge in [-0.2, -0.15) is 5.10 Å². The first kappa shape index (κ1) is 14.6. The van der Waals surface area contributed by atoms with Gasteiger partial charge in [0.15, 0.2) is 0 Å². The molecule has 6 heteroatoms. The van der Waals surface area contributed by atoms with Gasteiger partial charge in [0, 0.05) is 42.0 Å². The van der Waals surface area contributed by atoms with Crippen molar-refractivity contribution in [2.75, 3.05) is 13.2 Å². The molecule has 0 spiro atoms. The molecule has 1 unspecified atom stereocenters. The average molecular weight is 332 g/mol. The van der Waals surface area contributed by atoms with Crippen LogP contribution in [0.25, 0.3) is 0 Å². The summed E-state index contributed by atoms with van der Waals surface area (Å²) in [6.07, 6.45) is 3.78. The number of carbonyl (C=O) groups excluding carboxylic acids is 1. The molecule has 2 aliphatic heterocycles. The van der Waals surface area contributed by atoms with Gasteiger partial charge in [-0.1, -0.05) is 11.6 Å². The number of amides is 1. The van der Waals surface area contributed by atoms with Gasteiger partial charge < -0.3 is 9.64 Å². The topological polar surface area (TPSA) is 47.4 Å². The minimum absolute atomic E-state index is 0.114. The number of aryl methyl sites for hydroxylation is 1. The molecule has 4 rings (SSSR count). The van der Waals surface area contributed by atoms with Crippen LogP contribution in [-0.2, 0) is 24.8 Å². The van der Waals surface area contributed by atoms with Crippen molar-refractivity contribution >= 4 is 17.5 Å². The molecule has 2 aliphatic rings. The molecule has 1 aromatic carbocycles. The Morgan fingerprint density at radius 2 is 2.30 bits per heavy atom. The molecule has 23 heavy (non-hydrogen) atoms. The Kier molecular flexibility index (Phi) is 3.53. The highest BCUT2D eigenvalue weighted by molar-refractivity contribution is 6.30. The molecule has 1 atom stereocenters. The summed E-state index contributed by atoms with van der Waals surface area (Å²) < 4.78 is 7.57. The molecule has 0 radical (unpaired) electrons. The Bertz CT molecular complexity index is 771. The quantitative estimate of drug-likeness (QED) is 0.806. The predicted molar refractivity (Wildman–Crippen MR) is 86.6 cm³/mol. The van der Waals surface area contributed by atoms with Crippen LogP contribution in [0.15, 0.2) is 24.4 Å². The molecule has 5 nitrogen and oxygen atoms in total. The van der Waals surface area contributed by atoms with E-state index in [1.54, 1.807) is 6.07 Å². The second-order valence-electron chi connectivity index (χ2n) is 6.15.